The smallest absolute Gasteiger partial charge is 0.225 e. The highest BCUT2D eigenvalue weighted by molar-refractivity contribution is 5.79. The lowest BCUT2D eigenvalue weighted by molar-refractivity contribution is -0.121. The highest BCUT2D eigenvalue weighted by Crippen LogP contribution is 2.09. The number of nitrogens with one attached hydrogen (secondary N) is 1. The molecule has 0 aliphatic carbocycles. The molecule has 17 heavy (non-hydrogen) atoms. The van der Waals surface area contributed by atoms with E-state index in [0.717, 1.165) is 5.56 Å². The zero-order valence-electron chi connectivity index (χ0n) is 10.6. The second-order valence-corrected chi connectivity index (χ2v) is 4.51. The van der Waals surface area contributed by atoms with Crippen molar-refractivity contribution in [2.75, 3.05) is 0 Å². The van der Waals surface area contributed by atoms with Crippen molar-refractivity contribution < 1.29 is 4.79 Å². The summed E-state index contributed by atoms with van der Waals surface area (Å²) in [5.74, 6) is -0.111. The molecular weight excluding hydrogens is 212 g/mol. The van der Waals surface area contributed by atoms with Crippen LogP contribution in [0.5, 0.6) is 0 Å². The van der Waals surface area contributed by atoms with E-state index in [1.54, 1.807) is 6.92 Å². The van der Waals surface area contributed by atoms with Crippen molar-refractivity contribution in [2.45, 2.75) is 39.2 Å². The zero-order valence-corrected chi connectivity index (χ0v) is 10.6. The Hall–Kier alpha value is -1.82. The minimum absolute atomic E-state index is 0.111. The van der Waals surface area contributed by atoms with Crippen LogP contribution in [0.4, 0.5) is 0 Å². The van der Waals surface area contributed by atoms with Gasteiger partial charge in [0, 0.05) is 0 Å². The minimum Gasteiger partial charge on any atom is -0.338 e. The molecule has 1 amide bonds. The molecule has 0 aromatic heterocycles. The summed E-state index contributed by atoms with van der Waals surface area (Å²) in [5, 5.41) is 11.7. The molecule has 3 nitrogen and oxygen atoms in total. The molecule has 0 aliphatic rings. The van der Waals surface area contributed by atoms with Crippen molar-refractivity contribution in [3.05, 3.63) is 35.4 Å². The molecule has 3 heteroatoms. The predicted molar refractivity (Wildman–Crippen MR) is 67.3 cm³/mol. The fourth-order valence-corrected chi connectivity index (χ4v) is 1.44. The number of carbonyl (C=O) groups is 1. The van der Waals surface area contributed by atoms with Crippen molar-refractivity contribution in [3.8, 4) is 6.07 Å². The SMILES string of the molecule is CCC(C)(C#N)NC(=O)Cc1ccc(C)cc1. The normalized spacial score (nSPS) is 13.5. The molecule has 1 unspecified atom stereocenters. The van der Waals surface area contributed by atoms with Gasteiger partial charge in [0.25, 0.3) is 0 Å². The number of carbonyl (C=O) groups excluding carboxylic acids is 1. The van der Waals surface area contributed by atoms with Gasteiger partial charge in [-0.25, -0.2) is 0 Å². The quantitative estimate of drug-likeness (QED) is 0.863. The van der Waals surface area contributed by atoms with Gasteiger partial charge in [-0.05, 0) is 25.8 Å². The Morgan fingerprint density at radius 3 is 2.47 bits per heavy atom. The first-order valence-corrected chi connectivity index (χ1v) is 5.77. The minimum atomic E-state index is -0.762. The summed E-state index contributed by atoms with van der Waals surface area (Å²) in [6, 6.07) is 9.95. The number of rotatable bonds is 4. The van der Waals surface area contributed by atoms with Crippen molar-refractivity contribution >= 4 is 5.91 Å². The second-order valence-electron chi connectivity index (χ2n) is 4.51. The molecule has 0 fully saturated rings. The summed E-state index contributed by atoms with van der Waals surface area (Å²) in [5.41, 5.74) is 1.37. The molecule has 1 atom stereocenters. The summed E-state index contributed by atoms with van der Waals surface area (Å²) >= 11 is 0. The molecule has 0 bridgehead atoms. The lowest BCUT2D eigenvalue weighted by Gasteiger charge is -2.21. The molecular formula is C14H18N2O. The summed E-state index contributed by atoms with van der Waals surface area (Å²) in [4.78, 5) is 11.8. The molecule has 0 spiro atoms. The highest BCUT2D eigenvalue weighted by atomic mass is 16.1. The van der Waals surface area contributed by atoms with Crippen LogP contribution >= 0.6 is 0 Å². The molecule has 0 radical (unpaired) electrons. The van der Waals surface area contributed by atoms with E-state index in [9.17, 15) is 4.79 Å². The average molecular weight is 230 g/mol. The van der Waals surface area contributed by atoms with Gasteiger partial charge in [0.05, 0.1) is 12.5 Å². The Balaban J connectivity index is 2.62. The van der Waals surface area contributed by atoms with E-state index in [1.165, 1.54) is 5.56 Å². The Morgan fingerprint density at radius 1 is 1.41 bits per heavy atom. The molecule has 1 N–H and O–H groups in total. The van der Waals surface area contributed by atoms with Crippen LogP contribution in [0.2, 0.25) is 0 Å². The van der Waals surface area contributed by atoms with E-state index >= 15 is 0 Å². The second kappa shape index (κ2) is 5.49. The Morgan fingerprint density at radius 2 is 2.00 bits per heavy atom. The van der Waals surface area contributed by atoms with Crippen molar-refractivity contribution in [1.29, 1.82) is 5.26 Å². The van der Waals surface area contributed by atoms with E-state index < -0.39 is 5.54 Å². The van der Waals surface area contributed by atoms with E-state index in [-0.39, 0.29) is 5.91 Å². The largest absolute Gasteiger partial charge is 0.338 e. The third-order valence-corrected chi connectivity index (χ3v) is 2.85. The number of hydrogen-bond acceptors (Lipinski definition) is 2. The summed E-state index contributed by atoms with van der Waals surface area (Å²) in [6.07, 6.45) is 0.917. The zero-order chi connectivity index (χ0) is 12.9. The summed E-state index contributed by atoms with van der Waals surface area (Å²) in [6.45, 7) is 5.63. The topological polar surface area (TPSA) is 52.9 Å². The van der Waals surface area contributed by atoms with Crippen LogP contribution in [0.15, 0.2) is 24.3 Å². The lowest BCUT2D eigenvalue weighted by Crippen LogP contribution is -2.44. The number of hydrogen-bond donors (Lipinski definition) is 1. The van der Waals surface area contributed by atoms with Gasteiger partial charge in [-0.1, -0.05) is 36.8 Å². The van der Waals surface area contributed by atoms with E-state index in [2.05, 4.69) is 11.4 Å². The van der Waals surface area contributed by atoms with E-state index in [1.807, 2.05) is 38.1 Å². The fraction of sp³-hybridized carbons (Fsp3) is 0.429. The van der Waals surface area contributed by atoms with Gasteiger partial charge >= 0.3 is 0 Å². The van der Waals surface area contributed by atoms with Gasteiger partial charge in [-0.15, -0.1) is 0 Å². The molecule has 90 valence electrons. The number of amides is 1. The van der Waals surface area contributed by atoms with Gasteiger partial charge in [-0.3, -0.25) is 4.79 Å². The Bertz CT molecular complexity index is 431. The average Bonchev–Trinajstić information content (AvgIpc) is 2.32. The molecule has 0 saturated heterocycles. The third kappa shape index (κ3) is 3.92. The van der Waals surface area contributed by atoms with Crippen LogP contribution in [0.1, 0.15) is 31.4 Å². The Kier molecular flexibility index (Phi) is 4.28. The number of nitrogens with zero attached hydrogens (tertiary/aromatic N) is 1. The van der Waals surface area contributed by atoms with Crippen molar-refractivity contribution in [1.82, 2.24) is 5.32 Å². The molecule has 0 aliphatic heterocycles. The molecule has 0 heterocycles. The first-order valence-electron chi connectivity index (χ1n) is 5.77. The van der Waals surface area contributed by atoms with Crippen LogP contribution in [0.25, 0.3) is 0 Å². The lowest BCUT2D eigenvalue weighted by atomic mass is 10.0. The van der Waals surface area contributed by atoms with Crippen LogP contribution in [-0.2, 0) is 11.2 Å². The van der Waals surface area contributed by atoms with Gasteiger partial charge in [-0.2, -0.15) is 5.26 Å². The van der Waals surface area contributed by atoms with Gasteiger partial charge < -0.3 is 5.32 Å². The maximum absolute atomic E-state index is 11.8. The number of benzene rings is 1. The standard InChI is InChI=1S/C14H18N2O/c1-4-14(3,10-15)16-13(17)9-12-7-5-11(2)6-8-12/h5-8H,4,9H2,1-3H3,(H,16,17). The van der Waals surface area contributed by atoms with Crippen LogP contribution in [0, 0.1) is 18.3 Å². The Labute approximate surface area is 102 Å². The van der Waals surface area contributed by atoms with Crippen LogP contribution < -0.4 is 5.32 Å². The number of aryl methyl sites for hydroxylation is 1. The molecule has 0 saturated carbocycles. The maximum Gasteiger partial charge on any atom is 0.225 e. The van der Waals surface area contributed by atoms with Gasteiger partial charge in [0.1, 0.15) is 5.54 Å². The van der Waals surface area contributed by atoms with E-state index in [4.69, 9.17) is 5.26 Å². The van der Waals surface area contributed by atoms with Crippen molar-refractivity contribution in [3.63, 3.8) is 0 Å². The van der Waals surface area contributed by atoms with Crippen LogP contribution in [0.3, 0.4) is 0 Å². The first-order chi connectivity index (χ1) is 7.99. The predicted octanol–water partition coefficient (Wildman–Crippen LogP) is 2.35. The monoisotopic (exact) mass is 230 g/mol. The molecule has 1 rings (SSSR count). The third-order valence-electron chi connectivity index (χ3n) is 2.85. The molecule has 1 aromatic carbocycles. The summed E-state index contributed by atoms with van der Waals surface area (Å²) in [7, 11) is 0. The fourth-order valence-electron chi connectivity index (χ4n) is 1.44. The maximum atomic E-state index is 11.8. The van der Waals surface area contributed by atoms with Gasteiger partial charge in [0.2, 0.25) is 5.91 Å². The van der Waals surface area contributed by atoms with Crippen LogP contribution in [-0.4, -0.2) is 11.4 Å². The molecule has 1 aromatic rings. The van der Waals surface area contributed by atoms with E-state index in [0.29, 0.717) is 12.8 Å². The first kappa shape index (κ1) is 13.2. The number of nitriles is 1. The highest BCUT2D eigenvalue weighted by Gasteiger charge is 2.23. The van der Waals surface area contributed by atoms with Crippen molar-refractivity contribution in [2.24, 2.45) is 0 Å². The van der Waals surface area contributed by atoms with Gasteiger partial charge in [0.15, 0.2) is 0 Å². The summed E-state index contributed by atoms with van der Waals surface area (Å²) < 4.78 is 0.